The average Bonchev–Trinajstić information content (AvgIpc) is 1.90. The van der Waals surface area contributed by atoms with Gasteiger partial charge < -0.3 is 5.11 Å². The Morgan fingerprint density at radius 2 is 2.10 bits per heavy atom. The Labute approximate surface area is 58.4 Å². The molecule has 50 valence electrons. The van der Waals surface area contributed by atoms with Crippen LogP contribution in [0.4, 0.5) is 0 Å². The van der Waals surface area contributed by atoms with Crippen LogP contribution in [0, 0.1) is 0 Å². The molecule has 0 heterocycles. The van der Waals surface area contributed by atoms with Gasteiger partial charge in [0.25, 0.3) is 5.43 Å². The predicted octanol–water partition coefficient (Wildman–Crippen LogP) is 1.20. The molecule has 0 unspecified atom stereocenters. The van der Waals surface area contributed by atoms with Gasteiger partial charge in [0.2, 0.25) is 5.75 Å². The van der Waals surface area contributed by atoms with Crippen LogP contribution in [-0.2, 0) is 0 Å². The third-order valence-electron chi connectivity index (χ3n) is 1.41. The standard InChI is InChI=1S/C8H6O2/c1-3-5-7(9)6(4-2)8(5)10/h3-4H,1-2H2/p+1. The Kier molecular flexibility index (Phi) is 1.38. The van der Waals surface area contributed by atoms with Gasteiger partial charge in [-0.2, -0.15) is 0 Å². The summed E-state index contributed by atoms with van der Waals surface area (Å²) in [5.74, 6) is 0.00926. The van der Waals surface area contributed by atoms with Crippen molar-refractivity contribution >= 4 is 12.2 Å². The van der Waals surface area contributed by atoms with Crippen LogP contribution < -0.4 is 5.43 Å². The highest BCUT2D eigenvalue weighted by molar-refractivity contribution is 5.72. The smallest absolute Gasteiger partial charge is 0.281 e. The van der Waals surface area contributed by atoms with Crippen molar-refractivity contribution in [1.82, 2.24) is 0 Å². The molecule has 0 aliphatic carbocycles. The first kappa shape index (κ1) is 6.68. The van der Waals surface area contributed by atoms with Gasteiger partial charge in [-0.1, -0.05) is 6.58 Å². The molecule has 2 nitrogen and oxygen atoms in total. The van der Waals surface area contributed by atoms with E-state index in [9.17, 15) is 4.79 Å². The Hall–Kier alpha value is -1.44. The van der Waals surface area contributed by atoms with Crippen LogP contribution in [0.3, 0.4) is 0 Å². The topological polar surface area (TPSA) is 37.3 Å². The highest BCUT2D eigenvalue weighted by Gasteiger charge is 2.23. The van der Waals surface area contributed by atoms with Gasteiger partial charge in [0.05, 0.1) is 0 Å². The molecule has 0 saturated carbocycles. The summed E-state index contributed by atoms with van der Waals surface area (Å²) in [6.45, 7) is 6.73. The van der Waals surface area contributed by atoms with Gasteiger partial charge in [0, 0.05) is 6.08 Å². The minimum absolute atomic E-state index is 0.00926. The van der Waals surface area contributed by atoms with Crippen LogP contribution in [0.2, 0.25) is 0 Å². The molecule has 10 heavy (non-hydrogen) atoms. The molecule has 0 amide bonds. The maximum Gasteiger partial charge on any atom is 0.281 e. The third kappa shape index (κ3) is 0.589. The van der Waals surface area contributed by atoms with E-state index in [2.05, 4.69) is 13.2 Å². The fraction of sp³-hybridized carbons (Fsp3) is 0. The highest BCUT2D eigenvalue weighted by atomic mass is 16.3. The molecule has 1 aromatic carbocycles. The van der Waals surface area contributed by atoms with Gasteiger partial charge in [-0.25, -0.2) is 0 Å². The zero-order valence-corrected chi connectivity index (χ0v) is 5.42. The van der Waals surface area contributed by atoms with Crippen LogP contribution in [0.15, 0.2) is 18.0 Å². The molecule has 0 atom stereocenters. The van der Waals surface area contributed by atoms with Crippen molar-refractivity contribution in [2.75, 3.05) is 0 Å². The van der Waals surface area contributed by atoms with Gasteiger partial charge in [-0.05, 0) is 12.7 Å². The number of aromatic hydroxyl groups is 1. The SMILES string of the molecule is C=Cc1c(O)[c+](C=C)c1=O. The summed E-state index contributed by atoms with van der Waals surface area (Å²) in [7, 11) is 0. The van der Waals surface area contributed by atoms with Gasteiger partial charge in [0.1, 0.15) is 5.56 Å². The first-order valence-electron chi connectivity index (χ1n) is 2.82. The maximum absolute atomic E-state index is 10.8. The minimum Gasteiger partial charge on any atom is -0.491 e. The zero-order valence-electron chi connectivity index (χ0n) is 5.42. The molecule has 1 N–H and O–H groups in total. The lowest BCUT2D eigenvalue weighted by atomic mass is 10.0. The van der Waals surface area contributed by atoms with E-state index in [0.717, 1.165) is 0 Å². The molecule has 0 aliphatic rings. The summed E-state index contributed by atoms with van der Waals surface area (Å²) in [6.07, 6.45) is 2.68. The second-order valence-corrected chi connectivity index (χ2v) is 1.91. The van der Waals surface area contributed by atoms with Crippen molar-refractivity contribution in [3.05, 3.63) is 34.5 Å². The minimum atomic E-state index is -0.178. The molecule has 0 saturated heterocycles. The largest absolute Gasteiger partial charge is 0.491 e. The van der Waals surface area contributed by atoms with E-state index >= 15 is 0 Å². The predicted molar refractivity (Wildman–Crippen MR) is 41.3 cm³/mol. The lowest BCUT2D eigenvalue weighted by Gasteiger charge is -1.98. The Morgan fingerprint density at radius 1 is 1.50 bits per heavy atom. The summed E-state index contributed by atoms with van der Waals surface area (Å²) < 4.78 is 0. The van der Waals surface area contributed by atoms with Crippen LogP contribution in [0.5, 0.6) is 5.75 Å². The quantitative estimate of drug-likeness (QED) is 0.618. The molecule has 0 spiro atoms. The molecule has 0 bridgehead atoms. The van der Waals surface area contributed by atoms with Crippen molar-refractivity contribution in [1.29, 1.82) is 0 Å². The third-order valence-corrected chi connectivity index (χ3v) is 1.41. The summed E-state index contributed by atoms with van der Waals surface area (Å²) in [5, 5.41) is 9.02. The molecule has 0 aromatic heterocycles. The highest BCUT2D eigenvalue weighted by Crippen LogP contribution is 2.23. The average molecular weight is 135 g/mol. The van der Waals surface area contributed by atoms with E-state index in [1.54, 1.807) is 0 Å². The van der Waals surface area contributed by atoms with Gasteiger partial charge >= 0.3 is 0 Å². The normalized spacial score (nSPS) is 9.60. The first-order chi connectivity index (χ1) is 4.72. The van der Waals surface area contributed by atoms with E-state index in [1.807, 2.05) is 0 Å². The lowest BCUT2D eigenvalue weighted by molar-refractivity contribution is 0.466. The Morgan fingerprint density at radius 3 is 2.40 bits per heavy atom. The van der Waals surface area contributed by atoms with E-state index < -0.39 is 0 Å². The second kappa shape index (κ2) is 2.06. The monoisotopic (exact) mass is 135 g/mol. The second-order valence-electron chi connectivity index (χ2n) is 1.91. The van der Waals surface area contributed by atoms with Crippen LogP contribution in [0.25, 0.3) is 12.2 Å². The van der Waals surface area contributed by atoms with Crippen molar-refractivity contribution in [3.8, 4) is 5.75 Å². The van der Waals surface area contributed by atoms with Crippen LogP contribution in [-0.4, -0.2) is 5.11 Å². The van der Waals surface area contributed by atoms with Gasteiger partial charge in [-0.3, -0.25) is 4.79 Å². The molecule has 0 fully saturated rings. The summed E-state index contributed by atoms with van der Waals surface area (Å²) >= 11 is 0. The number of rotatable bonds is 2. The van der Waals surface area contributed by atoms with Crippen molar-refractivity contribution in [2.24, 2.45) is 0 Å². The molecule has 0 radical (unpaired) electrons. The van der Waals surface area contributed by atoms with Crippen LogP contribution >= 0.6 is 0 Å². The molecule has 0 aliphatic heterocycles. The van der Waals surface area contributed by atoms with Crippen molar-refractivity contribution < 1.29 is 5.11 Å². The molecular formula is C8H7O2+. The summed E-state index contributed by atoms with van der Waals surface area (Å²) in [6, 6.07) is 0. The maximum atomic E-state index is 10.8. The van der Waals surface area contributed by atoms with Crippen molar-refractivity contribution in [3.63, 3.8) is 0 Å². The molecular weight excluding hydrogens is 128 g/mol. The van der Waals surface area contributed by atoms with Gasteiger partial charge in [0.15, 0.2) is 5.56 Å². The number of hydrogen-bond acceptors (Lipinski definition) is 2. The zero-order chi connectivity index (χ0) is 7.72. The van der Waals surface area contributed by atoms with E-state index in [-0.39, 0.29) is 22.3 Å². The molecule has 1 aromatic rings. The summed E-state index contributed by atoms with van der Waals surface area (Å²) in [4.78, 5) is 10.8. The number of hydrogen-bond donors (Lipinski definition) is 1. The first-order valence-corrected chi connectivity index (χ1v) is 2.82. The Bertz CT molecular complexity index is 279. The molecule has 2 heteroatoms. The fourth-order valence-corrected chi connectivity index (χ4v) is 0.821. The summed E-state index contributed by atoms with van der Waals surface area (Å²) in [5.41, 5.74) is 0.396. The van der Waals surface area contributed by atoms with E-state index in [1.165, 1.54) is 12.2 Å². The van der Waals surface area contributed by atoms with E-state index in [0.29, 0.717) is 0 Å². The lowest BCUT2D eigenvalue weighted by Crippen LogP contribution is -2.14. The van der Waals surface area contributed by atoms with Crippen LogP contribution in [0.1, 0.15) is 11.1 Å². The fourth-order valence-electron chi connectivity index (χ4n) is 0.821. The van der Waals surface area contributed by atoms with Gasteiger partial charge in [-0.15, -0.1) is 0 Å². The van der Waals surface area contributed by atoms with Crippen molar-refractivity contribution in [2.45, 2.75) is 0 Å². The Balaban J connectivity index is 3.26. The van der Waals surface area contributed by atoms with E-state index in [4.69, 9.17) is 5.11 Å². The molecule has 1 rings (SSSR count).